The van der Waals surface area contributed by atoms with E-state index in [0.29, 0.717) is 5.56 Å². The molecular weight excluding hydrogens is 357 g/mol. The van der Waals surface area contributed by atoms with Gasteiger partial charge in [0.05, 0.1) is 3.57 Å². The number of aromatic nitrogens is 2. The van der Waals surface area contributed by atoms with Crippen LogP contribution in [-0.2, 0) is 0 Å². The Hall–Kier alpha value is -1.90. The molecule has 0 bridgehead atoms. The lowest BCUT2D eigenvalue weighted by atomic mass is 10.2. The summed E-state index contributed by atoms with van der Waals surface area (Å²) in [6.07, 6.45) is 3.24. The number of amidine groups is 1. The van der Waals surface area contributed by atoms with Crippen molar-refractivity contribution in [2.24, 2.45) is 10.9 Å². The van der Waals surface area contributed by atoms with Crippen LogP contribution in [0.2, 0.25) is 0 Å². The Morgan fingerprint density at radius 1 is 1.47 bits per heavy atom. The van der Waals surface area contributed by atoms with Crippen molar-refractivity contribution in [3.63, 3.8) is 0 Å². The van der Waals surface area contributed by atoms with Crippen molar-refractivity contribution in [2.45, 2.75) is 0 Å². The molecule has 7 heteroatoms. The van der Waals surface area contributed by atoms with Gasteiger partial charge in [0.15, 0.2) is 5.84 Å². The summed E-state index contributed by atoms with van der Waals surface area (Å²) in [4.78, 5) is 10.1. The molecule has 0 saturated carbocycles. The molecule has 1 aromatic heterocycles. The van der Waals surface area contributed by atoms with Crippen LogP contribution >= 0.6 is 22.6 Å². The van der Waals surface area contributed by atoms with Crippen molar-refractivity contribution < 1.29 is 5.21 Å². The highest BCUT2D eigenvalue weighted by molar-refractivity contribution is 14.1. The summed E-state index contributed by atoms with van der Waals surface area (Å²) in [6, 6.07) is 7.37. The van der Waals surface area contributed by atoms with Gasteiger partial charge in [-0.1, -0.05) is 17.3 Å². The minimum Gasteiger partial charge on any atom is -0.409 e. The van der Waals surface area contributed by atoms with Gasteiger partial charge in [0.25, 0.3) is 0 Å². The van der Waals surface area contributed by atoms with Gasteiger partial charge in [0.1, 0.15) is 12.1 Å². The monoisotopic (exact) mass is 369 g/mol. The predicted molar refractivity (Wildman–Crippen MR) is 81.8 cm³/mol. The predicted octanol–water partition coefficient (Wildman–Crippen LogP) is 1.94. The summed E-state index contributed by atoms with van der Waals surface area (Å²) >= 11 is 2.18. The van der Waals surface area contributed by atoms with Crippen LogP contribution in [0.15, 0.2) is 41.9 Å². The van der Waals surface area contributed by atoms with E-state index in [9.17, 15) is 0 Å². The van der Waals surface area contributed by atoms with Crippen LogP contribution in [0.5, 0.6) is 0 Å². The van der Waals surface area contributed by atoms with Crippen LogP contribution in [0.25, 0.3) is 0 Å². The highest BCUT2D eigenvalue weighted by Gasteiger charge is 2.10. The molecule has 2 rings (SSSR count). The maximum Gasteiger partial charge on any atom is 0.170 e. The number of oxime groups is 1. The maximum atomic E-state index is 8.71. The minimum atomic E-state index is 0.0765. The molecule has 1 aromatic carbocycles. The first kappa shape index (κ1) is 13.5. The number of nitrogens with zero attached hydrogens (tertiary/aromatic N) is 4. The molecule has 0 aliphatic carbocycles. The minimum absolute atomic E-state index is 0.0765. The first-order valence-electron chi connectivity index (χ1n) is 5.40. The standard InChI is InChI=1S/C12H12IN5O/c1-18(12-10(13)6-15-7-16-12)9-4-2-3-8(5-9)11(14)17-19/h2-7,19H,1H3,(H2,14,17). The number of hydrogen-bond acceptors (Lipinski definition) is 5. The first-order chi connectivity index (χ1) is 9.13. The zero-order valence-electron chi connectivity index (χ0n) is 10.2. The third-order valence-electron chi connectivity index (χ3n) is 2.60. The van der Waals surface area contributed by atoms with Crippen LogP contribution in [0, 0.1) is 3.57 Å². The molecule has 0 amide bonds. The fourth-order valence-corrected chi connectivity index (χ4v) is 2.27. The Bertz CT molecular complexity index is 617. The van der Waals surface area contributed by atoms with Crippen molar-refractivity contribution in [2.75, 3.05) is 11.9 Å². The van der Waals surface area contributed by atoms with E-state index in [-0.39, 0.29) is 5.84 Å². The van der Waals surface area contributed by atoms with Crippen molar-refractivity contribution in [1.82, 2.24) is 9.97 Å². The molecule has 1 heterocycles. The van der Waals surface area contributed by atoms with Crippen LogP contribution in [0.3, 0.4) is 0 Å². The van der Waals surface area contributed by atoms with E-state index in [1.165, 1.54) is 6.33 Å². The van der Waals surface area contributed by atoms with Crippen molar-refractivity contribution >= 4 is 39.9 Å². The zero-order valence-corrected chi connectivity index (χ0v) is 12.3. The molecule has 3 N–H and O–H groups in total. The first-order valence-corrected chi connectivity index (χ1v) is 6.48. The van der Waals surface area contributed by atoms with Crippen LogP contribution < -0.4 is 10.6 Å². The molecule has 0 radical (unpaired) electrons. The fourth-order valence-electron chi connectivity index (χ4n) is 1.61. The van der Waals surface area contributed by atoms with Gasteiger partial charge in [0, 0.05) is 24.5 Å². The summed E-state index contributed by atoms with van der Waals surface area (Å²) in [6.45, 7) is 0. The quantitative estimate of drug-likeness (QED) is 0.284. The van der Waals surface area contributed by atoms with E-state index in [0.717, 1.165) is 15.1 Å². The number of nitrogens with two attached hydrogens (primary N) is 1. The zero-order chi connectivity index (χ0) is 13.8. The van der Waals surface area contributed by atoms with E-state index in [2.05, 4.69) is 37.7 Å². The van der Waals surface area contributed by atoms with E-state index in [4.69, 9.17) is 10.9 Å². The average Bonchev–Trinajstić information content (AvgIpc) is 2.46. The molecule has 6 nitrogen and oxygen atoms in total. The average molecular weight is 369 g/mol. The van der Waals surface area contributed by atoms with E-state index < -0.39 is 0 Å². The SMILES string of the molecule is CN(c1cccc(C(N)=NO)c1)c1ncncc1I. The van der Waals surface area contributed by atoms with E-state index in [1.807, 2.05) is 30.1 Å². The molecule has 0 unspecified atom stereocenters. The van der Waals surface area contributed by atoms with Gasteiger partial charge < -0.3 is 15.8 Å². The summed E-state index contributed by atoms with van der Waals surface area (Å²) in [7, 11) is 1.90. The lowest BCUT2D eigenvalue weighted by Gasteiger charge is -2.19. The van der Waals surface area contributed by atoms with Crippen LogP contribution in [-0.4, -0.2) is 28.1 Å². The van der Waals surface area contributed by atoms with Gasteiger partial charge in [-0.05, 0) is 34.7 Å². The summed E-state index contributed by atoms with van der Waals surface area (Å²) in [5.41, 5.74) is 7.12. The Kier molecular flexibility index (Phi) is 4.15. The maximum absolute atomic E-state index is 8.71. The number of benzene rings is 1. The Morgan fingerprint density at radius 2 is 2.26 bits per heavy atom. The van der Waals surface area contributed by atoms with E-state index >= 15 is 0 Å². The number of rotatable bonds is 3. The lowest BCUT2D eigenvalue weighted by Crippen LogP contribution is -2.16. The highest BCUT2D eigenvalue weighted by Crippen LogP contribution is 2.25. The van der Waals surface area contributed by atoms with Gasteiger partial charge in [-0.25, -0.2) is 9.97 Å². The number of halogens is 1. The second kappa shape index (κ2) is 5.83. The van der Waals surface area contributed by atoms with E-state index in [1.54, 1.807) is 12.3 Å². The molecule has 0 aliphatic heterocycles. The smallest absolute Gasteiger partial charge is 0.170 e. The van der Waals surface area contributed by atoms with Gasteiger partial charge in [-0.2, -0.15) is 0 Å². The summed E-state index contributed by atoms with van der Waals surface area (Å²) in [5.74, 6) is 0.875. The fraction of sp³-hybridized carbons (Fsp3) is 0.0833. The van der Waals surface area contributed by atoms with Crippen molar-refractivity contribution in [1.29, 1.82) is 0 Å². The third-order valence-corrected chi connectivity index (χ3v) is 3.36. The molecular formula is C12H12IN5O. The largest absolute Gasteiger partial charge is 0.409 e. The lowest BCUT2D eigenvalue weighted by molar-refractivity contribution is 0.318. The molecule has 19 heavy (non-hydrogen) atoms. The normalized spacial score (nSPS) is 11.4. The molecule has 0 spiro atoms. The summed E-state index contributed by atoms with van der Waals surface area (Å²) < 4.78 is 0.941. The second-order valence-electron chi connectivity index (χ2n) is 3.79. The Balaban J connectivity index is 2.40. The Morgan fingerprint density at radius 3 is 2.95 bits per heavy atom. The Labute approximate surface area is 124 Å². The third kappa shape index (κ3) is 2.92. The van der Waals surface area contributed by atoms with Gasteiger partial charge in [-0.15, -0.1) is 0 Å². The number of anilines is 2. The van der Waals surface area contributed by atoms with Crippen LogP contribution in [0.4, 0.5) is 11.5 Å². The molecule has 98 valence electrons. The molecule has 2 aromatic rings. The van der Waals surface area contributed by atoms with Gasteiger partial charge in [0.2, 0.25) is 0 Å². The van der Waals surface area contributed by atoms with Gasteiger partial charge >= 0.3 is 0 Å². The number of hydrogen-bond donors (Lipinski definition) is 2. The second-order valence-corrected chi connectivity index (χ2v) is 4.95. The van der Waals surface area contributed by atoms with Gasteiger partial charge in [-0.3, -0.25) is 0 Å². The molecule has 0 fully saturated rings. The molecule has 0 aliphatic rings. The highest BCUT2D eigenvalue weighted by atomic mass is 127. The molecule has 0 saturated heterocycles. The van der Waals surface area contributed by atoms with Crippen LogP contribution in [0.1, 0.15) is 5.56 Å². The van der Waals surface area contributed by atoms with Crippen molar-refractivity contribution in [3.05, 3.63) is 45.9 Å². The summed E-state index contributed by atoms with van der Waals surface area (Å²) in [5, 5.41) is 11.7. The molecule has 0 atom stereocenters. The van der Waals surface area contributed by atoms with Crippen molar-refractivity contribution in [3.8, 4) is 0 Å². The topological polar surface area (TPSA) is 87.6 Å².